The highest BCUT2D eigenvalue weighted by atomic mass is 16.7. The van der Waals surface area contributed by atoms with E-state index in [-0.39, 0.29) is 6.61 Å². The Labute approximate surface area is 94.2 Å². The van der Waals surface area contributed by atoms with E-state index >= 15 is 0 Å². The summed E-state index contributed by atoms with van der Waals surface area (Å²) in [4.78, 5) is 15.5. The van der Waals surface area contributed by atoms with Crippen molar-refractivity contribution in [1.82, 2.24) is 0 Å². The van der Waals surface area contributed by atoms with Gasteiger partial charge in [0.25, 0.3) is 0 Å². The van der Waals surface area contributed by atoms with E-state index in [4.69, 9.17) is 4.84 Å². The first kappa shape index (κ1) is 10.6. The normalized spacial score (nSPS) is 10.3. The lowest BCUT2D eigenvalue weighted by Gasteiger charge is -2.19. The summed E-state index contributed by atoms with van der Waals surface area (Å²) in [6.45, 7) is 0.0692. The lowest BCUT2D eigenvalue weighted by molar-refractivity contribution is -0.112. The summed E-state index contributed by atoms with van der Waals surface area (Å²) in [7, 11) is 1.80. The minimum Gasteiger partial charge on any atom is -0.301 e. The maximum Gasteiger partial charge on any atom is 0.148 e. The van der Waals surface area contributed by atoms with Crippen LogP contribution in [0.3, 0.4) is 0 Å². The monoisotopic (exact) mass is 215 g/mol. The van der Waals surface area contributed by atoms with Crippen LogP contribution in [-0.4, -0.2) is 19.9 Å². The predicted octanol–water partition coefficient (Wildman–Crippen LogP) is 2.41. The van der Waals surface area contributed by atoms with E-state index in [1.165, 1.54) is 0 Å². The molecule has 0 fully saturated rings. The maximum absolute atomic E-state index is 10.3. The van der Waals surface area contributed by atoms with E-state index in [1.54, 1.807) is 12.1 Å². The minimum atomic E-state index is 0.0692. The third kappa shape index (κ3) is 2.04. The Kier molecular flexibility index (Phi) is 3.17. The van der Waals surface area contributed by atoms with Gasteiger partial charge >= 0.3 is 0 Å². The maximum atomic E-state index is 10.3. The summed E-state index contributed by atoms with van der Waals surface area (Å²) in [5.74, 6) is 0. The highest BCUT2D eigenvalue weighted by Gasteiger charge is 2.05. The number of benzene rings is 2. The molecule has 0 saturated heterocycles. The Hall–Kier alpha value is -1.87. The van der Waals surface area contributed by atoms with Crippen molar-refractivity contribution in [3.63, 3.8) is 0 Å². The molecule has 0 N–H and O–H groups in total. The predicted molar refractivity (Wildman–Crippen MR) is 64.4 cm³/mol. The van der Waals surface area contributed by atoms with Crippen LogP contribution in [0, 0.1) is 0 Å². The van der Waals surface area contributed by atoms with Crippen LogP contribution in [0.4, 0.5) is 5.69 Å². The van der Waals surface area contributed by atoms with Gasteiger partial charge in [0.15, 0.2) is 0 Å². The van der Waals surface area contributed by atoms with E-state index in [2.05, 4.69) is 0 Å². The number of fused-ring (bicyclic) bond motifs is 1. The summed E-state index contributed by atoms with van der Waals surface area (Å²) in [6.07, 6.45) is 0.738. The molecule has 2 rings (SSSR count). The highest BCUT2D eigenvalue weighted by molar-refractivity contribution is 5.93. The van der Waals surface area contributed by atoms with E-state index in [9.17, 15) is 4.79 Å². The van der Waals surface area contributed by atoms with Crippen LogP contribution < -0.4 is 5.06 Å². The average molecular weight is 215 g/mol. The Balaban J connectivity index is 2.39. The number of carbonyl (C=O) groups is 1. The fraction of sp³-hybridized carbons (Fsp3) is 0.154. The molecule has 0 spiro atoms. The Morgan fingerprint density at radius 1 is 1.19 bits per heavy atom. The molecule has 0 aliphatic carbocycles. The number of aldehydes is 1. The Bertz CT molecular complexity index is 491. The SMILES string of the molecule is CN(OCC=O)c1cccc2ccccc12. The Morgan fingerprint density at radius 2 is 1.94 bits per heavy atom. The molecule has 2 aromatic carbocycles. The molecule has 0 amide bonds. The van der Waals surface area contributed by atoms with Crippen molar-refractivity contribution in [3.05, 3.63) is 42.5 Å². The molecule has 82 valence electrons. The van der Waals surface area contributed by atoms with E-state index in [1.807, 2.05) is 42.5 Å². The van der Waals surface area contributed by atoms with Gasteiger partial charge < -0.3 is 4.79 Å². The zero-order valence-corrected chi connectivity index (χ0v) is 9.09. The first-order valence-corrected chi connectivity index (χ1v) is 5.11. The third-order valence-electron chi connectivity index (χ3n) is 2.44. The number of hydrogen-bond donors (Lipinski definition) is 0. The van der Waals surface area contributed by atoms with Crippen molar-refractivity contribution in [1.29, 1.82) is 0 Å². The largest absolute Gasteiger partial charge is 0.301 e. The number of carbonyl (C=O) groups excluding carboxylic acids is 1. The van der Waals surface area contributed by atoms with Crippen LogP contribution in [0.1, 0.15) is 0 Å². The zero-order chi connectivity index (χ0) is 11.4. The molecule has 0 aliphatic heterocycles. The summed E-state index contributed by atoms with van der Waals surface area (Å²) in [5, 5.41) is 3.89. The molecular weight excluding hydrogens is 202 g/mol. The van der Waals surface area contributed by atoms with Gasteiger partial charge in [-0.25, -0.2) is 0 Å². The van der Waals surface area contributed by atoms with Gasteiger partial charge in [-0.3, -0.25) is 9.90 Å². The third-order valence-corrected chi connectivity index (χ3v) is 2.44. The standard InChI is InChI=1S/C13H13NO2/c1-14(16-10-9-15)13-8-4-6-11-5-2-3-7-12(11)13/h2-9H,10H2,1H3. The molecule has 3 heteroatoms. The number of hydroxylamine groups is 1. The average Bonchev–Trinajstić information content (AvgIpc) is 2.35. The van der Waals surface area contributed by atoms with Crippen molar-refractivity contribution in [2.75, 3.05) is 18.7 Å². The number of hydrogen-bond acceptors (Lipinski definition) is 3. The van der Waals surface area contributed by atoms with Crippen LogP contribution in [0.5, 0.6) is 0 Å². The van der Waals surface area contributed by atoms with Gasteiger partial charge in [-0.1, -0.05) is 36.4 Å². The smallest absolute Gasteiger partial charge is 0.148 e. The molecule has 0 saturated carbocycles. The van der Waals surface area contributed by atoms with Gasteiger partial charge in [0.05, 0.1) is 5.69 Å². The lowest BCUT2D eigenvalue weighted by Crippen LogP contribution is -2.19. The second-order valence-corrected chi connectivity index (χ2v) is 3.46. The van der Waals surface area contributed by atoms with Crippen LogP contribution in [-0.2, 0) is 9.63 Å². The van der Waals surface area contributed by atoms with Crippen LogP contribution >= 0.6 is 0 Å². The Morgan fingerprint density at radius 3 is 2.75 bits per heavy atom. The molecule has 0 atom stereocenters. The number of rotatable bonds is 4. The van der Waals surface area contributed by atoms with Gasteiger partial charge in [-0.15, -0.1) is 0 Å². The molecule has 2 aromatic rings. The molecule has 0 aliphatic rings. The van der Waals surface area contributed by atoms with Crippen LogP contribution in [0.15, 0.2) is 42.5 Å². The minimum absolute atomic E-state index is 0.0692. The lowest BCUT2D eigenvalue weighted by atomic mass is 10.1. The van der Waals surface area contributed by atoms with Crippen LogP contribution in [0.25, 0.3) is 10.8 Å². The first-order valence-electron chi connectivity index (χ1n) is 5.11. The fourth-order valence-corrected chi connectivity index (χ4v) is 1.69. The summed E-state index contributed by atoms with van der Waals surface area (Å²) >= 11 is 0. The van der Waals surface area contributed by atoms with Gasteiger partial charge in [0, 0.05) is 12.4 Å². The van der Waals surface area contributed by atoms with Crippen molar-refractivity contribution in [3.8, 4) is 0 Å². The molecule has 0 aromatic heterocycles. The van der Waals surface area contributed by atoms with E-state index in [0.717, 1.165) is 22.7 Å². The fourth-order valence-electron chi connectivity index (χ4n) is 1.69. The quantitative estimate of drug-likeness (QED) is 0.579. The molecule has 16 heavy (non-hydrogen) atoms. The van der Waals surface area contributed by atoms with E-state index in [0.29, 0.717) is 0 Å². The highest BCUT2D eigenvalue weighted by Crippen LogP contribution is 2.25. The van der Waals surface area contributed by atoms with Gasteiger partial charge in [-0.2, -0.15) is 0 Å². The van der Waals surface area contributed by atoms with E-state index < -0.39 is 0 Å². The van der Waals surface area contributed by atoms with Crippen molar-refractivity contribution < 1.29 is 9.63 Å². The molecule has 0 unspecified atom stereocenters. The second kappa shape index (κ2) is 4.77. The van der Waals surface area contributed by atoms with Crippen molar-refractivity contribution in [2.24, 2.45) is 0 Å². The molecule has 0 heterocycles. The number of anilines is 1. The summed E-state index contributed by atoms with van der Waals surface area (Å²) in [5.41, 5.74) is 0.958. The van der Waals surface area contributed by atoms with Crippen LogP contribution in [0.2, 0.25) is 0 Å². The summed E-state index contributed by atoms with van der Waals surface area (Å²) < 4.78 is 0. The molecule has 0 radical (unpaired) electrons. The number of nitrogens with zero attached hydrogens (tertiary/aromatic N) is 1. The van der Waals surface area contributed by atoms with Gasteiger partial charge in [-0.05, 0) is 11.5 Å². The molecule has 3 nitrogen and oxygen atoms in total. The van der Waals surface area contributed by atoms with Crippen molar-refractivity contribution in [2.45, 2.75) is 0 Å². The molecular formula is C13H13NO2. The van der Waals surface area contributed by atoms with Crippen molar-refractivity contribution >= 4 is 22.7 Å². The molecule has 0 bridgehead atoms. The zero-order valence-electron chi connectivity index (χ0n) is 9.09. The summed E-state index contributed by atoms with van der Waals surface area (Å²) in [6, 6.07) is 14.0. The topological polar surface area (TPSA) is 29.5 Å². The first-order chi connectivity index (χ1) is 7.83. The van der Waals surface area contributed by atoms with Gasteiger partial charge in [0.2, 0.25) is 0 Å². The van der Waals surface area contributed by atoms with Gasteiger partial charge in [0.1, 0.15) is 12.9 Å². The second-order valence-electron chi connectivity index (χ2n) is 3.46.